The molecule has 1 aliphatic heterocycles. The third kappa shape index (κ3) is 4.39. The number of esters is 1. The number of hydrogen-bond acceptors (Lipinski definition) is 5. The summed E-state index contributed by atoms with van der Waals surface area (Å²) in [7, 11) is 0. The molecule has 0 bridgehead atoms. The van der Waals surface area contributed by atoms with Gasteiger partial charge in [-0.3, -0.25) is 4.79 Å². The Hall–Kier alpha value is -2.44. The van der Waals surface area contributed by atoms with Crippen molar-refractivity contribution < 1.29 is 23.8 Å². The number of ether oxygens (including phenoxy) is 3. The zero-order valence-electron chi connectivity index (χ0n) is 13.8. The van der Waals surface area contributed by atoms with Gasteiger partial charge in [0.15, 0.2) is 18.1 Å². The van der Waals surface area contributed by atoms with Crippen molar-refractivity contribution >= 4 is 35.1 Å². The minimum Gasteiger partial charge on any atom is -0.454 e. The maximum Gasteiger partial charge on any atom is 0.338 e. The van der Waals surface area contributed by atoms with E-state index in [2.05, 4.69) is 5.32 Å². The highest BCUT2D eigenvalue weighted by Crippen LogP contribution is 2.34. The minimum absolute atomic E-state index is 0.180. The second-order valence-electron chi connectivity index (χ2n) is 5.64. The lowest BCUT2D eigenvalue weighted by Gasteiger charge is -2.15. The summed E-state index contributed by atoms with van der Waals surface area (Å²) in [5.41, 5.74) is 1.02. The summed E-state index contributed by atoms with van der Waals surface area (Å²) < 4.78 is 15.6. The van der Waals surface area contributed by atoms with Gasteiger partial charge < -0.3 is 19.5 Å². The molecule has 1 N–H and O–H groups in total. The molecular weight excluding hydrogens is 381 g/mol. The van der Waals surface area contributed by atoms with Crippen molar-refractivity contribution in [1.82, 2.24) is 5.32 Å². The summed E-state index contributed by atoms with van der Waals surface area (Å²) >= 11 is 11.7. The van der Waals surface area contributed by atoms with Crippen LogP contribution >= 0.6 is 23.2 Å². The van der Waals surface area contributed by atoms with Gasteiger partial charge in [0.1, 0.15) is 0 Å². The molecule has 26 heavy (non-hydrogen) atoms. The Morgan fingerprint density at radius 3 is 2.54 bits per heavy atom. The van der Waals surface area contributed by atoms with Gasteiger partial charge in [0.25, 0.3) is 5.91 Å². The molecule has 1 aliphatic rings. The number of amides is 1. The standard InChI is InChI=1S/C18H15Cl2NO5/c1-10(11-2-3-15-16(6-11)26-9-25-15)21-17(22)8-24-18(23)12-4-13(19)7-14(20)5-12/h2-7,10H,8-9H2,1H3,(H,21,22)/t10-/m0/s1. The number of nitrogens with one attached hydrogen (secondary N) is 1. The van der Waals surface area contributed by atoms with E-state index < -0.39 is 18.5 Å². The van der Waals surface area contributed by atoms with E-state index >= 15 is 0 Å². The molecular formula is C18H15Cl2NO5. The van der Waals surface area contributed by atoms with E-state index in [-0.39, 0.29) is 18.4 Å². The van der Waals surface area contributed by atoms with Gasteiger partial charge >= 0.3 is 5.97 Å². The van der Waals surface area contributed by atoms with Crippen molar-refractivity contribution in [3.63, 3.8) is 0 Å². The highest BCUT2D eigenvalue weighted by atomic mass is 35.5. The molecule has 1 atom stereocenters. The number of halogens is 2. The first-order chi connectivity index (χ1) is 12.4. The van der Waals surface area contributed by atoms with E-state index in [9.17, 15) is 9.59 Å². The van der Waals surface area contributed by atoms with Crippen molar-refractivity contribution in [3.8, 4) is 11.5 Å². The van der Waals surface area contributed by atoms with Crippen LogP contribution in [0.25, 0.3) is 0 Å². The van der Waals surface area contributed by atoms with Crippen molar-refractivity contribution in [2.75, 3.05) is 13.4 Å². The molecule has 2 aromatic rings. The van der Waals surface area contributed by atoms with Gasteiger partial charge in [0.05, 0.1) is 11.6 Å². The predicted molar refractivity (Wildman–Crippen MR) is 95.9 cm³/mol. The fourth-order valence-corrected chi connectivity index (χ4v) is 2.96. The Morgan fingerprint density at radius 2 is 1.81 bits per heavy atom. The van der Waals surface area contributed by atoms with E-state index in [1.165, 1.54) is 18.2 Å². The van der Waals surface area contributed by atoms with Gasteiger partial charge in [-0.2, -0.15) is 0 Å². The van der Waals surface area contributed by atoms with Gasteiger partial charge in [0, 0.05) is 10.0 Å². The second kappa shape index (κ2) is 7.85. The maximum absolute atomic E-state index is 12.0. The van der Waals surface area contributed by atoms with Crippen LogP contribution in [0.3, 0.4) is 0 Å². The molecule has 3 rings (SSSR count). The number of benzene rings is 2. The fraction of sp³-hybridized carbons (Fsp3) is 0.222. The number of carbonyl (C=O) groups is 2. The SMILES string of the molecule is C[C@H](NC(=O)COC(=O)c1cc(Cl)cc(Cl)c1)c1ccc2c(c1)OCO2. The molecule has 0 saturated carbocycles. The predicted octanol–water partition coefficient (Wildman–Crippen LogP) is 3.76. The Bertz CT molecular complexity index is 835. The second-order valence-corrected chi connectivity index (χ2v) is 6.51. The summed E-state index contributed by atoms with van der Waals surface area (Å²) in [5, 5.41) is 3.37. The van der Waals surface area contributed by atoms with Crippen molar-refractivity contribution in [2.45, 2.75) is 13.0 Å². The number of carbonyl (C=O) groups excluding carboxylic acids is 2. The maximum atomic E-state index is 12.0. The summed E-state index contributed by atoms with van der Waals surface area (Å²) in [5.74, 6) is 0.186. The molecule has 0 aliphatic carbocycles. The average molecular weight is 396 g/mol. The van der Waals surface area contributed by atoms with Crippen molar-refractivity contribution in [3.05, 3.63) is 57.6 Å². The van der Waals surface area contributed by atoms with E-state index in [1.54, 1.807) is 12.1 Å². The highest BCUT2D eigenvalue weighted by Gasteiger charge is 2.18. The first-order valence-electron chi connectivity index (χ1n) is 7.74. The lowest BCUT2D eigenvalue weighted by molar-refractivity contribution is -0.124. The van der Waals surface area contributed by atoms with Crippen LogP contribution in [0.15, 0.2) is 36.4 Å². The van der Waals surface area contributed by atoms with E-state index in [1.807, 2.05) is 13.0 Å². The van der Waals surface area contributed by atoms with Crippen LogP contribution in [-0.2, 0) is 9.53 Å². The van der Waals surface area contributed by atoms with Crippen LogP contribution in [0.2, 0.25) is 10.0 Å². The van der Waals surface area contributed by atoms with Crippen molar-refractivity contribution in [2.24, 2.45) is 0 Å². The molecule has 0 unspecified atom stereocenters. The Morgan fingerprint density at radius 1 is 1.12 bits per heavy atom. The topological polar surface area (TPSA) is 73.9 Å². The first-order valence-corrected chi connectivity index (χ1v) is 8.50. The summed E-state index contributed by atoms with van der Waals surface area (Å²) in [6.07, 6.45) is 0. The molecule has 136 valence electrons. The van der Waals surface area contributed by atoms with E-state index in [4.69, 9.17) is 37.4 Å². The molecule has 2 aromatic carbocycles. The fourth-order valence-electron chi connectivity index (χ4n) is 2.44. The van der Waals surface area contributed by atoms with Gasteiger partial charge in [-0.15, -0.1) is 0 Å². The van der Waals surface area contributed by atoms with Gasteiger partial charge in [0.2, 0.25) is 6.79 Å². The summed E-state index contributed by atoms with van der Waals surface area (Å²) in [6.45, 7) is 1.58. The zero-order chi connectivity index (χ0) is 18.7. The normalized spacial score (nSPS) is 13.2. The van der Waals surface area contributed by atoms with Gasteiger partial charge in [-0.25, -0.2) is 4.79 Å². The first kappa shape index (κ1) is 18.4. The number of hydrogen-bond donors (Lipinski definition) is 1. The summed E-state index contributed by atoms with van der Waals surface area (Å²) in [6, 6.07) is 9.46. The van der Waals surface area contributed by atoms with Crippen LogP contribution in [0, 0.1) is 0 Å². The molecule has 8 heteroatoms. The molecule has 0 aromatic heterocycles. The Balaban J connectivity index is 1.54. The largest absolute Gasteiger partial charge is 0.454 e. The molecule has 0 fully saturated rings. The molecule has 0 radical (unpaired) electrons. The Kier molecular flexibility index (Phi) is 5.54. The van der Waals surface area contributed by atoms with Crippen LogP contribution in [0.1, 0.15) is 28.9 Å². The molecule has 1 amide bonds. The third-order valence-electron chi connectivity index (χ3n) is 3.71. The average Bonchev–Trinajstić information content (AvgIpc) is 3.06. The molecule has 6 nitrogen and oxygen atoms in total. The van der Waals surface area contributed by atoms with Crippen molar-refractivity contribution in [1.29, 1.82) is 0 Å². The van der Waals surface area contributed by atoms with Crippen LogP contribution < -0.4 is 14.8 Å². The molecule has 0 saturated heterocycles. The highest BCUT2D eigenvalue weighted by molar-refractivity contribution is 6.35. The molecule has 0 spiro atoms. The van der Waals surface area contributed by atoms with Crippen LogP contribution in [-0.4, -0.2) is 25.3 Å². The van der Waals surface area contributed by atoms with Gasteiger partial charge in [-0.1, -0.05) is 29.3 Å². The third-order valence-corrected chi connectivity index (χ3v) is 4.14. The number of fused-ring (bicyclic) bond motifs is 1. The Labute approximate surface area is 159 Å². The van der Waals surface area contributed by atoms with Crippen LogP contribution in [0.4, 0.5) is 0 Å². The zero-order valence-corrected chi connectivity index (χ0v) is 15.3. The minimum atomic E-state index is -0.680. The smallest absolute Gasteiger partial charge is 0.338 e. The van der Waals surface area contributed by atoms with E-state index in [0.717, 1.165) is 5.56 Å². The number of rotatable bonds is 5. The van der Waals surface area contributed by atoms with Crippen LogP contribution in [0.5, 0.6) is 11.5 Å². The van der Waals surface area contributed by atoms with Gasteiger partial charge in [-0.05, 0) is 42.8 Å². The lowest BCUT2D eigenvalue weighted by atomic mass is 10.1. The summed E-state index contributed by atoms with van der Waals surface area (Å²) in [4.78, 5) is 24.0. The quantitative estimate of drug-likeness (QED) is 0.780. The van der Waals surface area contributed by atoms with E-state index in [0.29, 0.717) is 21.5 Å². The molecule has 1 heterocycles. The lowest BCUT2D eigenvalue weighted by Crippen LogP contribution is -2.31. The monoisotopic (exact) mass is 395 g/mol.